The maximum atomic E-state index is 9.72. The summed E-state index contributed by atoms with van der Waals surface area (Å²) in [5.74, 6) is 0.143. The molecule has 4 N–H and O–H groups in total. The molecule has 0 saturated carbocycles. The molecular weight excluding hydrogens is 284 g/mol. The van der Waals surface area contributed by atoms with Crippen molar-refractivity contribution in [3.05, 3.63) is 27.7 Å². The van der Waals surface area contributed by atoms with E-state index in [1.165, 1.54) is 0 Å². The summed E-state index contributed by atoms with van der Waals surface area (Å²) in [6, 6.07) is 3.49. The van der Waals surface area contributed by atoms with Gasteiger partial charge in [-0.05, 0) is 40.9 Å². The number of oxime groups is 1. The highest BCUT2D eigenvalue weighted by Gasteiger charge is 2.11. The van der Waals surface area contributed by atoms with Gasteiger partial charge in [0.15, 0.2) is 0 Å². The number of halogens is 1. The van der Waals surface area contributed by atoms with Crippen LogP contribution in [0.15, 0.2) is 21.8 Å². The van der Waals surface area contributed by atoms with Crippen molar-refractivity contribution in [2.45, 2.75) is 32.7 Å². The molecule has 0 aliphatic rings. The van der Waals surface area contributed by atoms with Gasteiger partial charge in [0, 0.05) is 17.7 Å². The third kappa shape index (κ3) is 3.44. The van der Waals surface area contributed by atoms with Crippen molar-refractivity contribution in [2.75, 3.05) is 0 Å². The van der Waals surface area contributed by atoms with Gasteiger partial charge in [-0.1, -0.05) is 18.5 Å². The van der Waals surface area contributed by atoms with E-state index in [1.807, 2.05) is 0 Å². The van der Waals surface area contributed by atoms with Crippen LogP contribution in [-0.4, -0.2) is 16.0 Å². The van der Waals surface area contributed by atoms with E-state index in [2.05, 4.69) is 28.0 Å². The zero-order valence-corrected chi connectivity index (χ0v) is 11.4. The monoisotopic (exact) mass is 300 g/mol. The molecule has 0 amide bonds. The van der Waals surface area contributed by atoms with Gasteiger partial charge in [0.25, 0.3) is 0 Å². The molecule has 5 heteroatoms. The average molecular weight is 301 g/mol. The summed E-state index contributed by atoms with van der Waals surface area (Å²) in [4.78, 5) is 0. The zero-order valence-electron chi connectivity index (χ0n) is 9.78. The first-order chi connectivity index (χ1) is 8.13. The van der Waals surface area contributed by atoms with Crippen LogP contribution in [0.25, 0.3) is 0 Å². The fourth-order valence-corrected chi connectivity index (χ4v) is 2.08. The summed E-state index contributed by atoms with van der Waals surface area (Å²) in [5.41, 5.74) is 7.58. The van der Waals surface area contributed by atoms with E-state index in [0.29, 0.717) is 22.2 Å². The maximum absolute atomic E-state index is 9.72. The fourth-order valence-electron chi connectivity index (χ4n) is 1.57. The Kier molecular flexibility index (Phi) is 5.44. The first-order valence-electron chi connectivity index (χ1n) is 5.56. The highest BCUT2D eigenvalue weighted by molar-refractivity contribution is 9.10. The topological polar surface area (TPSA) is 78.8 Å². The minimum Gasteiger partial charge on any atom is -0.506 e. The number of phenols is 1. The number of nitrogens with zero attached hydrogens (tertiary/aromatic N) is 1. The van der Waals surface area contributed by atoms with E-state index in [-0.39, 0.29) is 12.3 Å². The molecule has 0 spiro atoms. The van der Waals surface area contributed by atoms with Gasteiger partial charge in [-0.2, -0.15) is 0 Å². The summed E-state index contributed by atoms with van der Waals surface area (Å²) < 4.78 is 0.563. The molecule has 0 saturated heterocycles. The Labute approximate surface area is 109 Å². The van der Waals surface area contributed by atoms with Crippen LogP contribution in [0.4, 0.5) is 0 Å². The van der Waals surface area contributed by atoms with Gasteiger partial charge >= 0.3 is 0 Å². The van der Waals surface area contributed by atoms with Crippen molar-refractivity contribution in [3.8, 4) is 5.75 Å². The third-order valence-electron chi connectivity index (χ3n) is 2.58. The van der Waals surface area contributed by atoms with Gasteiger partial charge in [0.05, 0.1) is 10.2 Å². The Hall–Kier alpha value is -1.07. The highest BCUT2D eigenvalue weighted by atomic mass is 79.9. The van der Waals surface area contributed by atoms with Gasteiger partial charge in [-0.15, -0.1) is 0 Å². The van der Waals surface area contributed by atoms with E-state index >= 15 is 0 Å². The number of phenolic OH excluding ortho intramolecular Hbond substituents is 1. The standard InChI is InChI=1S/C12H17BrN2O2/c1-2-3-4-11(15-17)8-5-9(7-14)12(16)10(13)6-8/h5-6,16-17H,2-4,7,14H2,1H3. The van der Waals surface area contributed by atoms with E-state index in [1.54, 1.807) is 12.1 Å². The minimum atomic E-state index is 0.143. The van der Waals surface area contributed by atoms with Crippen LogP contribution >= 0.6 is 15.9 Å². The lowest BCUT2D eigenvalue weighted by atomic mass is 10.0. The minimum absolute atomic E-state index is 0.143. The zero-order chi connectivity index (χ0) is 12.8. The Morgan fingerprint density at radius 2 is 2.18 bits per heavy atom. The molecule has 4 nitrogen and oxygen atoms in total. The fraction of sp³-hybridized carbons (Fsp3) is 0.417. The van der Waals surface area contributed by atoms with E-state index < -0.39 is 0 Å². The molecule has 0 radical (unpaired) electrons. The van der Waals surface area contributed by atoms with Crippen LogP contribution in [0, 0.1) is 0 Å². The smallest absolute Gasteiger partial charge is 0.134 e. The number of hydrogen-bond acceptors (Lipinski definition) is 4. The van der Waals surface area contributed by atoms with Gasteiger partial charge < -0.3 is 16.0 Å². The molecule has 1 aromatic carbocycles. The number of nitrogens with two attached hydrogens (primary N) is 1. The molecule has 0 fully saturated rings. The Morgan fingerprint density at radius 3 is 2.71 bits per heavy atom. The number of unbranched alkanes of at least 4 members (excludes halogenated alkanes) is 1. The van der Waals surface area contributed by atoms with E-state index in [9.17, 15) is 5.11 Å². The lowest BCUT2D eigenvalue weighted by molar-refractivity contribution is 0.318. The first kappa shape index (κ1) is 14.0. The summed E-state index contributed by atoms with van der Waals surface area (Å²) in [6.45, 7) is 2.32. The van der Waals surface area contributed by atoms with Crippen LogP contribution in [0.3, 0.4) is 0 Å². The molecule has 0 unspecified atom stereocenters. The molecule has 1 aromatic rings. The molecule has 94 valence electrons. The third-order valence-corrected chi connectivity index (χ3v) is 3.19. The van der Waals surface area contributed by atoms with Gasteiger partial charge in [-0.3, -0.25) is 0 Å². The van der Waals surface area contributed by atoms with E-state index in [0.717, 1.165) is 18.4 Å². The highest BCUT2D eigenvalue weighted by Crippen LogP contribution is 2.30. The molecular formula is C12H17BrN2O2. The van der Waals surface area contributed by atoms with Crippen molar-refractivity contribution in [2.24, 2.45) is 10.9 Å². The number of aromatic hydroxyl groups is 1. The Balaban J connectivity index is 3.08. The summed E-state index contributed by atoms with van der Waals surface area (Å²) in [7, 11) is 0. The van der Waals surface area contributed by atoms with Gasteiger partial charge in [0.1, 0.15) is 5.75 Å². The van der Waals surface area contributed by atoms with Crippen LogP contribution in [0.2, 0.25) is 0 Å². The van der Waals surface area contributed by atoms with Crippen LogP contribution in [0.1, 0.15) is 37.3 Å². The lowest BCUT2D eigenvalue weighted by Crippen LogP contribution is -2.04. The van der Waals surface area contributed by atoms with Crippen molar-refractivity contribution < 1.29 is 10.3 Å². The summed E-state index contributed by atoms with van der Waals surface area (Å²) in [6.07, 6.45) is 2.69. The maximum Gasteiger partial charge on any atom is 0.134 e. The summed E-state index contributed by atoms with van der Waals surface area (Å²) in [5, 5.41) is 22.0. The molecule has 1 rings (SSSR count). The predicted molar refractivity (Wildman–Crippen MR) is 71.5 cm³/mol. The molecule has 0 heterocycles. The average Bonchev–Trinajstić information content (AvgIpc) is 2.34. The van der Waals surface area contributed by atoms with Crippen LogP contribution in [0.5, 0.6) is 5.75 Å². The molecule has 0 bridgehead atoms. The van der Waals surface area contributed by atoms with Crippen molar-refractivity contribution in [1.29, 1.82) is 0 Å². The molecule has 0 aromatic heterocycles. The van der Waals surface area contributed by atoms with Crippen molar-refractivity contribution in [1.82, 2.24) is 0 Å². The largest absolute Gasteiger partial charge is 0.506 e. The number of benzene rings is 1. The second-order valence-corrected chi connectivity index (χ2v) is 4.67. The van der Waals surface area contributed by atoms with Crippen molar-refractivity contribution >= 4 is 21.6 Å². The van der Waals surface area contributed by atoms with Crippen molar-refractivity contribution in [3.63, 3.8) is 0 Å². The number of rotatable bonds is 5. The summed E-state index contributed by atoms with van der Waals surface area (Å²) >= 11 is 3.26. The van der Waals surface area contributed by atoms with Gasteiger partial charge in [-0.25, -0.2) is 0 Å². The molecule has 0 aliphatic heterocycles. The van der Waals surface area contributed by atoms with E-state index in [4.69, 9.17) is 10.9 Å². The quantitative estimate of drug-likeness (QED) is 0.444. The predicted octanol–water partition coefficient (Wildman–Crippen LogP) is 2.98. The molecule has 0 aliphatic carbocycles. The molecule has 0 atom stereocenters. The van der Waals surface area contributed by atoms with Crippen LogP contribution < -0.4 is 5.73 Å². The van der Waals surface area contributed by atoms with Gasteiger partial charge in [0.2, 0.25) is 0 Å². The molecule has 17 heavy (non-hydrogen) atoms. The Bertz CT molecular complexity index is 419. The first-order valence-corrected chi connectivity index (χ1v) is 6.36. The second kappa shape index (κ2) is 6.61. The Morgan fingerprint density at radius 1 is 1.47 bits per heavy atom. The van der Waals surface area contributed by atoms with Crippen LogP contribution in [-0.2, 0) is 6.54 Å². The second-order valence-electron chi connectivity index (χ2n) is 3.82. The normalized spacial score (nSPS) is 11.8. The lowest BCUT2D eigenvalue weighted by Gasteiger charge is -2.09. The number of hydrogen-bond donors (Lipinski definition) is 3. The SMILES string of the molecule is CCCCC(=NO)c1cc(Br)c(O)c(CN)c1.